The van der Waals surface area contributed by atoms with E-state index in [9.17, 15) is 13.2 Å². The minimum absolute atomic E-state index is 0.0672. The second kappa shape index (κ2) is 6.83. The van der Waals surface area contributed by atoms with E-state index in [1.54, 1.807) is 12.3 Å². The molecule has 1 amide bonds. The first-order chi connectivity index (χ1) is 10.3. The summed E-state index contributed by atoms with van der Waals surface area (Å²) >= 11 is 0. The third-order valence-electron chi connectivity index (χ3n) is 4.18. The quantitative estimate of drug-likeness (QED) is 0.852. The molecule has 0 unspecified atom stereocenters. The van der Waals surface area contributed by atoms with E-state index in [1.165, 1.54) is 10.6 Å². The van der Waals surface area contributed by atoms with E-state index in [-0.39, 0.29) is 17.9 Å². The Morgan fingerprint density at radius 3 is 2.73 bits per heavy atom. The number of nitrogens with zero attached hydrogens (tertiary/aromatic N) is 1. The van der Waals surface area contributed by atoms with E-state index in [1.807, 2.05) is 6.07 Å². The van der Waals surface area contributed by atoms with Gasteiger partial charge in [0.25, 0.3) is 0 Å². The summed E-state index contributed by atoms with van der Waals surface area (Å²) in [5.41, 5.74) is 0. The molecule has 0 radical (unpaired) electrons. The number of rotatable bonds is 6. The lowest BCUT2D eigenvalue weighted by atomic mass is 9.91. The zero-order valence-corrected chi connectivity index (χ0v) is 14.1. The van der Waals surface area contributed by atoms with Crippen LogP contribution in [0.5, 0.6) is 0 Å². The Bertz CT molecular complexity index is 595. The molecule has 7 heteroatoms. The van der Waals surface area contributed by atoms with Crippen molar-refractivity contribution in [2.45, 2.75) is 32.7 Å². The van der Waals surface area contributed by atoms with Gasteiger partial charge in [0.2, 0.25) is 15.9 Å². The third kappa shape index (κ3) is 4.33. The molecular weight excluding hydrogens is 304 g/mol. The topological polar surface area (TPSA) is 79.6 Å². The summed E-state index contributed by atoms with van der Waals surface area (Å²) in [5, 5.41) is 2.99. The molecule has 0 aromatic carbocycles. The molecule has 1 aliphatic rings. The molecular formula is C15H24N2O4S. The highest BCUT2D eigenvalue weighted by molar-refractivity contribution is 7.88. The molecule has 1 aromatic heterocycles. The number of aryl methyl sites for hydroxylation is 1. The first kappa shape index (κ1) is 17.0. The van der Waals surface area contributed by atoms with Crippen molar-refractivity contribution < 1.29 is 17.6 Å². The van der Waals surface area contributed by atoms with Crippen molar-refractivity contribution in [3.05, 3.63) is 24.2 Å². The number of carbonyl (C=O) groups is 1. The Hall–Kier alpha value is -1.34. The minimum Gasteiger partial charge on any atom is -0.469 e. The lowest BCUT2D eigenvalue weighted by Gasteiger charge is -2.22. The summed E-state index contributed by atoms with van der Waals surface area (Å²) < 4.78 is 30.1. The smallest absolute Gasteiger partial charge is 0.220 e. The predicted molar refractivity (Wildman–Crippen MR) is 83.7 cm³/mol. The number of carbonyl (C=O) groups excluding carboxylic acids is 1. The van der Waals surface area contributed by atoms with Gasteiger partial charge < -0.3 is 9.73 Å². The summed E-state index contributed by atoms with van der Waals surface area (Å²) in [4.78, 5) is 12.1. The van der Waals surface area contributed by atoms with E-state index < -0.39 is 10.0 Å². The second-order valence-corrected chi connectivity index (χ2v) is 8.22. The van der Waals surface area contributed by atoms with Crippen LogP contribution in [-0.2, 0) is 21.2 Å². The van der Waals surface area contributed by atoms with E-state index in [4.69, 9.17) is 4.42 Å². The van der Waals surface area contributed by atoms with Gasteiger partial charge in [-0.05, 0) is 24.0 Å². The van der Waals surface area contributed by atoms with Gasteiger partial charge >= 0.3 is 0 Å². The Morgan fingerprint density at radius 1 is 1.45 bits per heavy atom. The van der Waals surface area contributed by atoms with Crippen LogP contribution >= 0.6 is 0 Å². The zero-order valence-electron chi connectivity index (χ0n) is 13.3. The van der Waals surface area contributed by atoms with Crippen molar-refractivity contribution in [3.8, 4) is 0 Å². The average Bonchev–Trinajstić information content (AvgIpc) is 3.04. The van der Waals surface area contributed by atoms with Gasteiger partial charge in [-0.25, -0.2) is 8.42 Å². The third-order valence-corrected chi connectivity index (χ3v) is 5.42. The van der Waals surface area contributed by atoms with Crippen LogP contribution < -0.4 is 5.32 Å². The van der Waals surface area contributed by atoms with Gasteiger partial charge in [0.1, 0.15) is 5.76 Å². The maximum atomic E-state index is 12.1. The molecule has 0 spiro atoms. The molecule has 0 saturated carbocycles. The molecule has 2 atom stereocenters. The van der Waals surface area contributed by atoms with Crippen molar-refractivity contribution >= 4 is 15.9 Å². The molecule has 6 nitrogen and oxygen atoms in total. The highest BCUT2D eigenvalue weighted by Gasteiger charge is 2.39. The minimum atomic E-state index is -3.22. The van der Waals surface area contributed by atoms with Gasteiger partial charge in [-0.15, -0.1) is 0 Å². The average molecular weight is 328 g/mol. The van der Waals surface area contributed by atoms with Gasteiger partial charge in [0, 0.05) is 32.0 Å². The number of furan rings is 1. The standard InChI is InChI=1S/C15H24N2O4S/c1-11(2)13-9-17(22(3,19)20)10-14(13)16-15(18)7-6-12-5-4-8-21-12/h4-5,8,11,13-14H,6-7,9-10H2,1-3H3,(H,16,18)/t13-,14+/m0/s1. The summed E-state index contributed by atoms with van der Waals surface area (Å²) in [7, 11) is -3.22. The lowest BCUT2D eigenvalue weighted by molar-refractivity contribution is -0.122. The Balaban J connectivity index is 1.93. The van der Waals surface area contributed by atoms with Crippen LogP contribution in [0, 0.1) is 11.8 Å². The molecule has 2 heterocycles. The van der Waals surface area contributed by atoms with Crippen LogP contribution in [0.1, 0.15) is 26.0 Å². The fraction of sp³-hybridized carbons (Fsp3) is 0.667. The first-order valence-corrected chi connectivity index (χ1v) is 9.39. The van der Waals surface area contributed by atoms with E-state index in [0.29, 0.717) is 31.8 Å². The Morgan fingerprint density at radius 2 is 2.18 bits per heavy atom. The van der Waals surface area contributed by atoms with Crippen molar-refractivity contribution in [1.82, 2.24) is 9.62 Å². The van der Waals surface area contributed by atoms with Gasteiger partial charge in [-0.2, -0.15) is 4.31 Å². The molecule has 1 N–H and O–H groups in total. The number of nitrogens with one attached hydrogen (secondary N) is 1. The maximum Gasteiger partial charge on any atom is 0.220 e. The van der Waals surface area contributed by atoms with Crippen LogP contribution in [0.2, 0.25) is 0 Å². The largest absolute Gasteiger partial charge is 0.469 e. The predicted octanol–water partition coefficient (Wildman–Crippen LogP) is 1.24. The highest BCUT2D eigenvalue weighted by atomic mass is 32.2. The van der Waals surface area contributed by atoms with Gasteiger partial charge in [0.15, 0.2) is 0 Å². The molecule has 1 aliphatic heterocycles. The van der Waals surface area contributed by atoms with Crippen LogP contribution in [-0.4, -0.2) is 44.0 Å². The lowest BCUT2D eigenvalue weighted by Crippen LogP contribution is -2.42. The van der Waals surface area contributed by atoms with Gasteiger partial charge in [-0.1, -0.05) is 13.8 Å². The number of sulfonamides is 1. The Kier molecular flexibility index (Phi) is 5.28. The molecule has 1 aromatic rings. The molecule has 2 rings (SSSR count). The fourth-order valence-corrected chi connectivity index (χ4v) is 3.74. The van der Waals surface area contributed by atoms with E-state index in [0.717, 1.165) is 5.76 Å². The highest BCUT2D eigenvalue weighted by Crippen LogP contribution is 2.26. The summed E-state index contributed by atoms with van der Waals surface area (Å²) in [5.74, 6) is 1.16. The van der Waals surface area contributed by atoms with Crippen LogP contribution in [0.4, 0.5) is 0 Å². The fourth-order valence-electron chi connectivity index (χ4n) is 2.86. The van der Waals surface area contributed by atoms with Crippen molar-refractivity contribution in [3.63, 3.8) is 0 Å². The molecule has 22 heavy (non-hydrogen) atoms. The molecule has 0 aliphatic carbocycles. The van der Waals surface area contributed by atoms with Crippen LogP contribution in [0.3, 0.4) is 0 Å². The van der Waals surface area contributed by atoms with E-state index >= 15 is 0 Å². The summed E-state index contributed by atoms with van der Waals surface area (Å²) in [6.45, 7) is 4.94. The van der Waals surface area contributed by atoms with Crippen molar-refractivity contribution in [1.29, 1.82) is 0 Å². The summed E-state index contributed by atoms with van der Waals surface area (Å²) in [6.07, 6.45) is 3.69. The van der Waals surface area contributed by atoms with E-state index in [2.05, 4.69) is 19.2 Å². The first-order valence-electron chi connectivity index (χ1n) is 7.54. The zero-order chi connectivity index (χ0) is 16.3. The van der Waals surface area contributed by atoms with Gasteiger partial charge in [-0.3, -0.25) is 4.79 Å². The maximum absolute atomic E-state index is 12.1. The molecule has 124 valence electrons. The van der Waals surface area contributed by atoms with Crippen LogP contribution in [0.15, 0.2) is 22.8 Å². The number of amides is 1. The van der Waals surface area contributed by atoms with Crippen molar-refractivity contribution in [2.75, 3.05) is 19.3 Å². The van der Waals surface area contributed by atoms with Crippen molar-refractivity contribution in [2.24, 2.45) is 11.8 Å². The van der Waals surface area contributed by atoms with Gasteiger partial charge in [0.05, 0.1) is 12.5 Å². The SMILES string of the molecule is CC(C)[C@@H]1CN(S(C)(=O)=O)C[C@H]1NC(=O)CCc1ccco1. The number of hydrogen-bond acceptors (Lipinski definition) is 4. The second-order valence-electron chi connectivity index (χ2n) is 6.24. The number of hydrogen-bond donors (Lipinski definition) is 1. The molecule has 0 bridgehead atoms. The molecule has 1 saturated heterocycles. The monoisotopic (exact) mass is 328 g/mol. The molecule has 1 fully saturated rings. The summed E-state index contributed by atoms with van der Waals surface area (Å²) in [6, 6.07) is 3.51. The van der Waals surface area contributed by atoms with Crippen LogP contribution in [0.25, 0.3) is 0 Å². The normalized spacial score (nSPS) is 23.1. The Labute approximate surface area is 131 Å².